The quantitative estimate of drug-likeness (QED) is 0.852. The lowest BCUT2D eigenvalue weighted by molar-refractivity contribution is -0.144. The number of nitrogens with one attached hydrogen (secondary N) is 1. The number of pyridine rings is 1. The number of rotatable bonds is 5. The molecule has 1 unspecified atom stereocenters. The summed E-state index contributed by atoms with van der Waals surface area (Å²) in [5.41, 5.74) is 1.27. The number of nitrogens with zero attached hydrogens (tertiary/aromatic N) is 1. The number of aryl methyl sites for hydroxylation is 1. The van der Waals surface area contributed by atoms with E-state index >= 15 is 0 Å². The summed E-state index contributed by atoms with van der Waals surface area (Å²) in [7, 11) is 0. The van der Waals surface area contributed by atoms with Crippen molar-refractivity contribution in [2.45, 2.75) is 19.8 Å². The van der Waals surface area contributed by atoms with Crippen LogP contribution in [-0.4, -0.2) is 41.7 Å². The average molecular weight is 292 g/mol. The van der Waals surface area contributed by atoms with E-state index in [0.29, 0.717) is 18.8 Å². The Labute approximate surface area is 123 Å². The predicted octanol–water partition coefficient (Wildman–Crippen LogP) is 1.25. The van der Waals surface area contributed by atoms with Crippen LogP contribution in [0.4, 0.5) is 0 Å². The van der Waals surface area contributed by atoms with Gasteiger partial charge in [0.1, 0.15) is 0 Å². The molecule has 1 amide bonds. The fraction of sp³-hybridized carbons (Fsp3) is 0.533. The van der Waals surface area contributed by atoms with Gasteiger partial charge in [0.05, 0.1) is 11.5 Å². The number of aromatic nitrogens is 1. The first kappa shape index (κ1) is 15.4. The van der Waals surface area contributed by atoms with E-state index in [2.05, 4.69) is 10.3 Å². The summed E-state index contributed by atoms with van der Waals surface area (Å²) in [5, 5.41) is 12.0. The van der Waals surface area contributed by atoms with Crippen molar-refractivity contribution in [3.05, 3.63) is 29.6 Å². The first-order valence-electron chi connectivity index (χ1n) is 7.09. The van der Waals surface area contributed by atoms with Crippen LogP contribution in [0.5, 0.6) is 0 Å². The number of carboxylic acids is 1. The third-order valence-electron chi connectivity index (χ3n) is 3.81. The molecule has 0 saturated carbocycles. The largest absolute Gasteiger partial charge is 0.481 e. The molecule has 1 fully saturated rings. The Bertz CT molecular complexity index is 495. The molecule has 0 aliphatic carbocycles. The Kier molecular flexibility index (Phi) is 5.27. The maximum Gasteiger partial charge on any atom is 0.308 e. The Morgan fingerprint density at radius 3 is 2.71 bits per heavy atom. The molecule has 21 heavy (non-hydrogen) atoms. The summed E-state index contributed by atoms with van der Waals surface area (Å²) in [6.07, 6.45) is 2.94. The standard InChI is InChI=1S/C15H20N2O4/c1-10-2-3-12(8-16-10)14(18)17-9-13(15(19)20)11-4-6-21-7-5-11/h2-3,8,11,13H,4-7,9H2,1H3,(H,17,18)(H,19,20). The maximum absolute atomic E-state index is 12.0. The van der Waals surface area contributed by atoms with Crippen molar-refractivity contribution >= 4 is 11.9 Å². The molecule has 0 aromatic carbocycles. The van der Waals surface area contributed by atoms with E-state index in [1.807, 2.05) is 6.92 Å². The van der Waals surface area contributed by atoms with Gasteiger partial charge >= 0.3 is 5.97 Å². The SMILES string of the molecule is Cc1ccc(C(=O)NCC(C(=O)O)C2CCOCC2)cn1. The van der Waals surface area contributed by atoms with Gasteiger partial charge in [0, 0.05) is 31.6 Å². The molecule has 2 rings (SSSR count). The number of carbonyl (C=O) groups excluding carboxylic acids is 1. The molecule has 114 valence electrons. The monoisotopic (exact) mass is 292 g/mol. The van der Waals surface area contributed by atoms with Crippen LogP contribution in [0.25, 0.3) is 0 Å². The summed E-state index contributed by atoms with van der Waals surface area (Å²) >= 11 is 0. The molecular formula is C15H20N2O4. The normalized spacial score (nSPS) is 17.2. The van der Waals surface area contributed by atoms with Crippen LogP contribution in [0.15, 0.2) is 18.3 Å². The lowest BCUT2D eigenvalue weighted by Gasteiger charge is -2.27. The lowest BCUT2D eigenvalue weighted by Crippen LogP contribution is -2.39. The molecule has 0 bridgehead atoms. The highest BCUT2D eigenvalue weighted by Gasteiger charge is 2.30. The third-order valence-corrected chi connectivity index (χ3v) is 3.81. The van der Waals surface area contributed by atoms with E-state index < -0.39 is 11.9 Å². The molecule has 2 heterocycles. The Hall–Kier alpha value is -1.95. The van der Waals surface area contributed by atoms with Gasteiger partial charge in [-0.15, -0.1) is 0 Å². The van der Waals surface area contributed by atoms with Crippen LogP contribution in [0.3, 0.4) is 0 Å². The fourth-order valence-electron chi connectivity index (χ4n) is 2.48. The molecule has 1 saturated heterocycles. The summed E-state index contributed by atoms with van der Waals surface area (Å²) in [6.45, 7) is 3.15. The van der Waals surface area contributed by atoms with Crippen molar-refractivity contribution in [2.24, 2.45) is 11.8 Å². The van der Waals surface area contributed by atoms with Gasteiger partial charge in [-0.1, -0.05) is 0 Å². The van der Waals surface area contributed by atoms with Crippen molar-refractivity contribution in [3.8, 4) is 0 Å². The highest BCUT2D eigenvalue weighted by Crippen LogP contribution is 2.23. The van der Waals surface area contributed by atoms with Crippen LogP contribution in [0.2, 0.25) is 0 Å². The molecular weight excluding hydrogens is 272 g/mol. The number of hydrogen-bond donors (Lipinski definition) is 2. The number of amides is 1. The van der Waals surface area contributed by atoms with Gasteiger partial charge in [-0.2, -0.15) is 0 Å². The number of carbonyl (C=O) groups is 2. The van der Waals surface area contributed by atoms with Gasteiger partial charge in [0.15, 0.2) is 0 Å². The average Bonchev–Trinajstić information content (AvgIpc) is 2.48. The van der Waals surface area contributed by atoms with E-state index in [-0.39, 0.29) is 18.4 Å². The van der Waals surface area contributed by atoms with Crippen molar-refractivity contribution < 1.29 is 19.4 Å². The van der Waals surface area contributed by atoms with Crippen LogP contribution >= 0.6 is 0 Å². The molecule has 6 heteroatoms. The molecule has 6 nitrogen and oxygen atoms in total. The molecule has 1 aliphatic heterocycles. The Morgan fingerprint density at radius 2 is 2.14 bits per heavy atom. The second-order valence-electron chi connectivity index (χ2n) is 5.29. The zero-order valence-electron chi connectivity index (χ0n) is 12.0. The van der Waals surface area contributed by atoms with E-state index in [9.17, 15) is 14.7 Å². The molecule has 0 radical (unpaired) electrons. The van der Waals surface area contributed by atoms with Crippen molar-refractivity contribution in [1.29, 1.82) is 0 Å². The molecule has 1 aliphatic rings. The zero-order valence-corrected chi connectivity index (χ0v) is 12.0. The van der Waals surface area contributed by atoms with Crippen molar-refractivity contribution in [2.75, 3.05) is 19.8 Å². The summed E-state index contributed by atoms with van der Waals surface area (Å²) in [4.78, 5) is 27.4. The van der Waals surface area contributed by atoms with Crippen molar-refractivity contribution in [1.82, 2.24) is 10.3 Å². The number of ether oxygens (including phenoxy) is 1. The molecule has 2 N–H and O–H groups in total. The molecule has 1 atom stereocenters. The summed E-state index contributed by atoms with van der Waals surface area (Å²) in [6, 6.07) is 3.43. The topological polar surface area (TPSA) is 88.5 Å². The smallest absolute Gasteiger partial charge is 0.308 e. The second kappa shape index (κ2) is 7.17. The number of hydrogen-bond acceptors (Lipinski definition) is 4. The molecule has 1 aromatic rings. The van der Waals surface area contributed by atoms with Gasteiger partial charge in [0.25, 0.3) is 5.91 Å². The van der Waals surface area contributed by atoms with E-state index in [1.54, 1.807) is 12.1 Å². The van der Waals surface area contributed by atoms with E-state index in [0.717, 1.165) is 18.5 Å². The minimum absolute atomic E-state index is 0.0488. The van der Waals surface area contributed by atoms with Gasteiger partial charge in [0.2, 0.25) is 0 Å². The van der Waals surface area contributed by atoms with Crippen LogP contribution < -0.4 is 5.32 Å². The third kappa shape index (κ3) is 4.26. The summed E-state index contributed by atoms with van der Waals surface area (Å²) < 4.78 is 5.25. The van der Waals surface area contributed by atoms with E-state index in [1.165, 1.54) is 6.20 Å². The summed E-state index contributed by atoms with van der Waals surface area (Å²) in [5.74, 6) is -1.69. The van der Waals surface area contributed by atoms with Crippen molar-refractivity contribution in [3.63, 3.8) is 0 Å². The van der Waals surface area contributed by atoms with Gasteiger partial charge in [-0.3, -0.25) is 14.6 Å². The predicted molar refractivity (Wildman–Crippen MR) is 76.0 cm³/mol. The van der Waals surface area contributed by atoms with Gasteiger partial charge < -0.3 is 15.2 Å². The number of carboxylic acid groups (broad SMARTS) is 1. The molecule has 1 aromatic heterocycles. The van der Waals surface area contributed by atoms with Gasteiger partial charge in [-0.25, -0.2) is 0 Å². The Morgan fingerprint density at radius 1 is 1.43 bits per heavy atom. The first-order valence-corrected chi connectivity index (χ1v) is 7.09. The van der Waals surface area contributed by atoms with Crippen LogP contribution in [0, 0.1) is 18.8 Å². The zero-order chi connectivity index (χ0) is 15.2. The lowest BCUT2D eigenvalue weighted by atomic mass is 9.86. The molecule has 0 spiro atoms. The fourth-order valence-corrected chi connectivity index (χ4v) is 2.48. The number of aliphatic carboxylic acids is 1. The highest BCUT2D eigenvalue weighted by atomic mass is 16.5. The van der Waals surface area contributed by atoms with Gasteiger partial charge in [-0.05, 0) is 37.8 Å². The van der Waals surface area contributed by atoms with Crippen LogP contribution in [-0.2, 0) is 9.53 Å². The maximum atomic E-state index is 12.0. The highest BCUT2D eigenvalue weighted by molar-refractivity contribution is 5.94. The Balaban J connectivity index is 1.93. The van der Waals surface area contributed by atoms with Crippen LogP contribution in [0.1, 0.15) is 28.9 Å². The minimum atomic E-state index is -0.871. The second-order valence-corrected chi connectivity index (χ2v) is 5.29. The van der Waals surface area contributed by atoms with E-state index in [4.69, 9.17) is 4.74 Å². The minimum Gasteiger partial charge on any atom is -0.481 e. The first-order chi connectivity index (χ1) is 10.1.